The summed E-state index contributed by atoms with van der Waals surface area (Å²) in [5.41, 5.74) is -1.24. The summed E-state index contributed by atoms with van der Waals surface area (Å²) in [5, 5.41) is 18.1. The Hall–Kier alpha value is -3.04. The first-order valence-electron chi connectivity index (χ1n) is 15.2. The summed E-state index contributed by atoms with van der Waals surface area (Å²) in [6.07, 6.45) is -4.05. The summed E-state index contributed by atoms with van der Waals surface area (Å²) in [6, 6.07) is -0.900. The van der Waals surface area contributed by atoms with E-state index in [0.717, 1.165) is 12.8 Å². The van der Waals surface area contributed by atoms with Gasteiger partial charge in [0.2, 0.25) is 17.7 Å². The molecule has 5 rings (SSSR count). The molecule has 0 bridgehead atoms. The Kier molecular flexibility index (Phi) is 7.70. The largest absolute Gasteiger partial charge is 0.446 e. The molecule has 3 N–H and O–H groups in total. The van der Waals surface area contributed by atoms with E-state index in [4.69, 9.17) is 4.74 Å². The number of hydrogen-bond donors (Lipinski definition) is 3. The van der Waals surface area contributed by atoms with Gasteiger partial charge in [-0.1, -0.05) is 34.6 Å². The Bertz CT molecular complexity index is 1220. The van der Waals surface area contributed by atoms with Crippen molar-refractivity contribution in [1.82, 2.24) is 20.9 Å². The predicted octanol–water partition coefficient (Wildman–Crippen LogP) is 3.41. The Morgan fingerprint density at radius 2 is 1.84 bits per heavy atom. The minimum Gasteiger partial charge on any atom is -0.446 e. The van der Waals surface area contributed by atoms with Crippen LogP contribution in [0.4, 0.5) is 18.0 Å². The number of carbonyl (C=O) groups is 4. The molecule has 3 aliphatic carbocycles. The molecule has 0 aromatic rings. The molecule has 3 saturated carbocycles. The highest BCUT2D eigenvalue weighted by Crippen LogP contribution is 2.65. The lowest BCUT2D eigenvalue weighted by molar-refractivity contribution is -0.192. The van der Waals surface area contributed by atoms with Crippen LogP contribution in [0.5, 0.6) is 0 Å². The van der Waals surface area contributed by atoms with Crippen molar-refractivity contribution in [2.24, 2.45) is 34.5 Å². The maximum atomic E-state index is 14.0. The standard InChI is InChI=1S/C30H42F3N5O5/c1-27(2,3)22(36-26(42)43-19-8-6-7-17(19)30(31,32)33)25(41)38-14-18-20(28(18,4)5)21(38)24(40)35-16(13-34)11-15-12-29(9-10-29)37-23(15)39/h15-22H,6-12,14H2,1-5H3,(H,35,40)(H,36,42)(H,37,39)/t15-,16+,17?,18+,19?,20+,21+,22-/m1/s1. The van der Waals surface area contributed by atoms with Crippen molar-refractivity contribution >= 4 is 23.8 Å². The summed E-state index contributed by atoms with van der Waals surface area (Å²) in [4.78, 5) is 54.5. The van der Waals surface area contributed by atoms with Gasteiger partial charge in [-0.15, -0.1) is 0 Å². The van der Waals surface area contributed by atoms with Crippen LogP contribution in [-0.2, 0) is 19.1 Å². The smallest absolute Gasteiger partial charge is 0.408 e. The number of nitrogens with zero attached hydrogens (tertiary/aromatic N) is 2. The average Bonchev–Trinajstić information content (AvgIpc) is 3.44. The number of alkyl carbamates (subject to hydrolysis) is 1. The Morgan fingerprint density at radius 3 is 2.40 bits per heavy atom. The van der Waals surface area contributed by atoms with E-state index in [0.29, 0.717) is 6.42 Å². The monoisotopic (exact) mass is 609 g/mol. The summed E-state index contributed by atoms with van der Waals surface area (Å²) in [6.45, 7) is 9.43. The number of fused-ring (bicyclic) bond motifs is 1. The molecule has 10 nitrogen and oxygen atoms in total. The minimum absolute atomic E-state index is 0.0293. The van der Waals surface area contributed by atoms with E-state index >= 15 is 0 Å². The third-order valence-corrected chi connectivity index (χ3v) is 10.5. The van der Waals surface area contributed by atoms with Crippen LogP contribution >= 0.6 is 0 Å². The van der Waals surface area contributed by atoms with Crippen molar-refractivity contribution in [1.29, 1.82) is 5.26 Å². The van der Waals surface area contributed by atoms with Crippen LogP contribution in [0.25, 0.3) is 0 Å². The molecule has 238 valence electrons. The number of ether oxygens (including phenoxy) is 1. The van der Waals surface area contributed by atoms with Gasteiger partial charge in [0.1, 0.15) is 24.2 Å². The van der Waals surface area contributed by atoms with Crippen LogP contribution in [0.15, 0.2) is 0 Å². The number of hydrogen-bond acceptors (Lipinski definition) is 6. The lowest BCUT2D eigenvalue weighted by Crippen LogP contribution is -2.60. The van der Waals surface area contributed by atoms with E-state index in [1.54, 1.807) is 20.8 Å². The summed E-state index contributed by atoms with van der Waals surface area (Å²) in [7, 11) is 0. The Balaban J connectivity index is 1.28. The normalized spacial score (nSPS) is 33.2. The van der Waals surface area contributed by atoms with Gasteiger partial charge in [0.15, 0.2) is 0 Å². The lowest BCUT2D eigenvalue weighted by atomic mass is 9.85. The fourth-order valence-electron chi connectivity index (χ4n) is 7.69. The van der Waals surface area contributed by atoms with Gasteiger partial charge in [0.05, 0.1) is 12.0 Å². The first kappa shape index (κ1) is 31.4. The molecular formula is C30H42F3N5O5. The van der Waals surface area contributed by atoms with Crippen LogP contribution in [0.3, 0.4) is 0 Å². The maximum absolute atomic E-state index is 14.0. The molecule has 4 amide bonds. The summed E-state index contributed by atoms with van der Waals surface area (Å²) < 4.78 is 45.4. The molecule has 2 saturated heterocycles. The predicted molar refractivity (Wildman–Crippen MR) is 147 cm³/mol. The zero-order chi connectivity index (χ0) is 31.7. The second-order valence-electron chi connectivity index (χ2n) is 15.0. The number of rotatable bonds is 7. The fourth-order valence-corrected chi connectivity index (χ4v) is 7.69. The average molecular weight is 610 g/mol. The first-order chi connectivity index (χ1) is 19.9. The molecule has 2 unspecified atom stereocenters. The van der Waals surface area contributed by atoms with Crippen molar-refractivity contribution in [3.63, 3.8) is 0 Å². The molecule has 2 aliphatic heterocycles. The SMILES string of the molecule is CC(C)(C)[C@H](NC(=O)OC1CCCC1C(F)(F)F)C(=O)N1C[C@H]2[C@@H]([C@H]1C(=O)N[C@H](C#N)C[C@@H]1CC3(CC3)NC1=O)C2(C)C. The van der Waals surface area contributed by atoms with Crippen LogP contribution in [0.2, 0.25) is 0 Å². The molecule has 0 aromatic heterocycles. The highest BCUT2D eigenvalue weighted by atomic mass is 19.4. The van der Waals surface area contributed by atoms with Crippen molar-refractivity contribution in [3.8, 4) is 6.07 Å². The van der Waals surface area contributed by atoms with Crippen LogP contribution in [-0.4, -0.2) is 71.2 Å². The number of nitrogens with one attached hydrogen (secondary N) is 3. The van der Waals surface area contributed by atoms with Gasteiger partial charge in [-0.05, 0) is 67.6 Å². The number of nitriles is 1. The van der Waals surface area contributed by atoms with Crippen LogP contribution < -0.4 is 16.0 Å². The third-order valence-electron chi connectivity index (χ3n) is 10.5. The van der Waals surface area contributed by atoms with Gasteiger partial charge in [-0.3, -0.25) is 14.4 Å². The Morgan fingerprint density at radius 1 is 1.16 bits per heavy atom. The van der Waals surface area contributed by atoms with Gasteiger partial charge >= 0.3 is 12.3 Å². The fraction of sp³-hybridized carbons (Fsp3) is 0.833. The second-order valence-corrected chi connectivity index (χ2v) is 15.0. The number of carbonyl (C=O) groups excluding carboxylic acids is 4. The molecule has 1 spiro atoms. The molecule has 13 heteroatoms. The van der Waals surface area contributed by atoms with Crippen molar-refractivity contribution in [3.05, 3.63) is 0 Å². The third kappa shape index (κ3) is 6.03. The number of halogens is 3. The van der Waals surface area contributed by atoms with Crippen LogP contribution in [0.1, 0.15) is 79.6 Å². The van der Waals surface area contributed by atoms with E-state index in [9.17, 15) is 37.6 Å². The molecule has 5 fully saturated rings. The van der Waals surface area contributed by atoms with E-state index in [-0.39, 0.29) is 66.8 Å². The molecule has 0 radical (unpaired) electrons. The Labute approximate surface area is 249 Å². The van der Waals surface area contributed by atoms with Gasteiger partial charge in [-0.25, -0.2) is 4.79 Å². The van der Waals surface area contributed by atoms with Gasteiger partial charge in [0.25, 0.3) is 0 Å². The highest BCUT2D eigenvalue weighted by Gasteiger charge is 2.70. The second kappa shape index (κ2) is 10.5. The van der Waals surface area contributed by atoms with Gasteiger partial charge in [0, 0.05) is 18.0 Å². The zero-order valence-corrected chi connectivity index (χ0v) is 25.3. The van der Waals surface area contributed by atoms with Crippen molar-refractivity contribution in [2.45, 2.75) is 116 Å². The summed E-state index contributed by atoms with van der Waals surface area (Å²) in [5.74, 6) is -3.41. The summed E-state index contributed by atoms with van der Waals surface area (Å²) >= 11 is 0. The van der Waals surface area contributed by atoms with Gasteiger partial charge < -0.3 is 25.6 Å². The number of piperidine rings is 1. The van der Waals surface area contributed by atoms with Crippen LogP contribution in [0, 0.1) is 45.8 Å². The topological polar surface area (TPSA) is 141 Å². The molecule has 5 aliphatic rings. The molecule has 43 heavy (non-hydrogen) atoms. The lowest BCUT2D eigenvalue weighted by Gasteiger charge is -2.37. The van der Waals surface area contributed by atoms with E-state index in [1.807, 2.05) is 13.8 Å². The van der Waals surface area contributed by atoms with Crippen molar-refractivity contribution < 1.29 is 37.1 Å². The van der Waals surface area contributed by atoms with E-state index < -0.39 is 59.6 Å². The first-order valence-corrected chi connectivity index (χ1v) is 15.2. The highest BCUT2D eigenvalue weighted by molar-refractivity contribution is 5.93. The van der Waals surface area contributed by atoms with Gasteiger partial charge in [-0.2, -0.15) is 18.4 Å². The molecule has 0 aromatic carbocycles. The van der Waals surface area contributed by atoms with E-state index in [1.165, 1.54) is 4.90 Å². The van der Waals surface area contributed by atoms with E-state index in [2.05, 4.69) is 22.0 Å². The molecule has 2 heterocycles. The number of likely N-dealkylation sites (tertiary alicyclic amines) is 1. The molecule has 8 atom stereocenters. The number of alkyl halides is 3. The zero-order valence-electron chi connectivity index (χ0n) is 25.3. The molecular weight excluding hydrogens is 567 g/mol. The quantitative estimate of drug-likeness (QED) is 0.404. The maximum Gasteiger partial charge on any atom is 0.408 e. The minimum atomic E-state index is -4.49. The van der Waals surface area contributed by atoms with Crippen molar-refractivity contribution in [2.75, 3.05) is 6.54 Å². The number of amides is 4.